The van der Waals surface area contributed by atoms with E-state index in [1.807, 2.05) is 0 Å². The van der Waals surface area contributed by atoms with E-state index in [1.165, 1.54) is 27.5 Å². The van der Waals surface area contributed by atoms with Crippen LogP contribution in [0.4, 0.5) is 0 Å². The molecule has 2 aromatic carbocycles. The summed E-state index contributed by atoms with van der Waals surface area (Å²) in [5.74, 6) is 0.580. The fourth-order valence-corrected chi connectivity index (χ4v) is 9.54. The first-order chi connectivity index (χ1) is 11.1. The number of rotatable bonds is 5. The van der Waals surface area contributed by atoms with Gasteiger partial charge in [0, 0.05) is 0 Å². The second-order valence-electron chi connectivity index (χ2n) is 6.61. The van der Waals surface area contributed by atoms with Gasteiger partial charge in [0.05, 0.1) is 0 Å². The summed E-state index contributed by atoms with van der Waals surface area (Å²) in [4.78, 5) is 0. The van der Waals surface area contributed by atoms with E-state index in [1.54, 1.807) is 0 Å². The van der Waals surface area contributed by atoms with Gasteiger partial charge in [0.2, 0.25) is 0 Å². The zero-order valence-electron chi connectivity index (χ0n) is 15.1. The molecular formula is C20H24Cl2OSiZr. The summed E-state index contributed by atoms with van der Waals surface area (Å²) in [5.41, 5.74) is 5.99. The van der Waals surface area contributed by atoms with Crippen molar-refractivity contribution in [1.29, 1.82) is 0 Å². The van der Waals surface area contributed by atoms with Crippen LogP contribution in [-0.2, 0) is 26.2 Å². The van der Waals surface area contributed by atoms with E-state index in [0.29, 0.717) is 9.54 Å². The van der Waals surface area contributed by atoms with Crippen LogP contribution in [0.25, 0.3) is 6.08 Å². The SMILES string of the molecule is CC1=Cc2c(C(C)C)cccc2[CH]1[Zr+2][O][SiH](C)c1ccccc1.[Cl-].[Cl-]. The molecule has 0 saturated heterocycles. The third kappa shape index (κ3) is 5.17. The zero-order valence-corrected chi connectivity index (χ0v) is 20.2. The van der Waals surface area contributed by atoms with Crippen LogP contribution < -0.4 is 30.0 Å². The summed E-state index contributed by atoms with van der Waals surface area (Å²) in [7, 11) is -1.24. The van der Waals surface area contributed by atoms with E-state index in [4.69, 9.17) is 2.50 Å². The van der Waals surface area contributed by atoms with Crippen molar-refractivity contribution in [2.45, 2.75) is 36.9 Å². The van der Waals surface area contributed by atoms with Gasteiger partial charge in [0.15, 0.2) is 0 Å². The van der Waals surface area contributed by atoms with Crippen LogP contribution in [0.5, 0.6) is 0 Å². The van der Waals surface area contributed by atoms with Crippen molar-refractivity contribution in [3.63, 3.8) is 0 Å². The summed E-state index contributed by atoms with van der Waals surface area (Å²) in [5, 5.41) is 1.42. The topological polar surface area (TPSA) is 9.23 Å². The average Bonchev–Trinajstić information content (AvgIpc) is 2.88. The van der Waals surface area contributed by atoms with Gasteiger partial charge in [-0.05, 0) is 0 Å². The maximum Gasteiger partial charge on any atom is -1.00 e. The standard InChI is InChI=1S/C13H15.C7H9OSi.2ClH.Zr/c1-9(2)12-6-4-5-11-7-10(3)8-13(11)12;1-9(8)7-5-3-2-4-6-7;;;/h4-9H,1-3H3;2-6,9H,1H3;2*1H;/q;-1;;;+3/p-2. The molecule has 0 spiro atoms. The molecule has 0 heterocycles. The first-order valence-corrected chi connectivity index (χ1v) is 13.0. The van der Waals surface area contributed by atoms with E-state index < -0.39 is 32.7 Å². The number of hydrogen-bond acceptors (Lipinski definition) is 1. The third-order valence-electron chi connectivity index (χ3n) is 4.57. The molecule has 0 aromatic heterocycles. The molecule has 5 heteroatoms. The van der Waals surface area contributed by atoms with Gasteiger partial charge in [-0.25, -0.2) is 0 Å². The first kappa shape index (κ1) is 22.9. The van der Waals surface area contributed by atoms with Gasteiger partial charge in [-0.2, -0.15) is 0 Å². The number of halogens is 2. The molecule has 1 nitrogen and oxygen atoms in total. The summed E-state index contributed by atoms with van der Waals surface area (Å²) >= 11 is -0.923. The molecule has 0 radical (unpaired) electrons. The first-order valence-electron chi connectivity index (χ1n) is 8.35. The van der Waals surface area contributed by atoms with Gasteiger partial charge in [-0.15, -0.1) is 0 Å². The Morgan fingerprint density at radius 2 is 1.68 bits per heavy atom. The van der Waals surface area contributed by atoms with Crippen molar-refractivity contribution in [3.8, 4) is 0 Å². The fraction of sp³-hybridized carbons (Fsp3) is 0.300. The van der Waals surface area contributed by atoms with Crippen molar-refractivity contribution >= 4 is 20.3 Å². The smallest absolute Gasteiger partial charge is 1.00 e. The van der Waals surface area contributed by atoms with Gasteiger partial charge in [-0.1, -0.05) is 0 Å². The van der Waals surface area contributed by atoms with Gasteiger partial charge >= 0.3 is 154 Å². The third-order valence-corrected chi connectivity index (χ3v) is 12.5. The summed E-state index contributed by atoms with van der Waals surface area (Å²) < 4.78 is 7.10. The molecular weight excluding hydrogens is 446 g/mol. The molecule has 1 aliphatic carbocycles. The Bertz CT molecular complexity index is 719. The summed E-state index contributed by atoms with van der Waals surface area (Å²) in [6.07, 6.45) is 2.41. The second-order valence-corrected chi connectivity index (χ2v) is 12.5. The van der Waals surface area contributed by atoms with Crippen LogP contribution in [0.3, 0.4) is 0 Å². The van der Waals surface area contributed by atoms with E-state index in [2.05, 4.69) is 81.9 Å². The zero-order chi connectivity index (χ0) is 16.4. The number of benzene rings is 2. The summed E-state index contributed by atoms with van der Waals surface area (Å²) in [6.45, 7) is 9.17. The van der Waals surface area contributed by atoms with Crippen LogP contribution in [-0.4, -0.2) is 9.04 Å². The van der Waals surface area contributed by atoms with E-state index >= 15 is 0 Å². The van der Waals surface area contributed by atoms with Crippen LogP contribution in [0.15, 0.2) is 54.1 Å². The molecule has 132 valence electrons. The van der Waals surface area contributed by atoms with E-state index in [0.717, 1.165) is 0 Å². The summed E-state index contributed by atoms with van der Waals surface area (Å²) in [6, 6.07) is 17.6. The minimum atomic E-state index is -1.24. The Labute approximate surface area is 178 Å². The molecule has 0 amide bonds. The van der Waals surface area contributed by atoms with Crippen molar-refractivity contribution < 1.29 is 51.0 Å². The second kappa shape index (κ2) is 10.2. The quantitative estimate of drug-likeness (QED) is 0.486. The molecule has 3 rings (SSSR count). The Morgan fingerprint density at radius 3 is 2.32 bits per heavy atom. The molecule has 2 unspecified atom stereocenters. The van der Waals surface area contributed by atoms with Gasteiger partial charge in [0.1, 0.15) is 0 Å². The monoisotopic (exact) mass is 468 g/mol. The number of hydrogen-bond donors (Lipinski definition) is 0. The van der Waals surface area contributed by atoms with Crippen molar-refractivity contribution in [2.24, 2.45) is 0 Å². The predicted molar refractivity (Wildman–Crippen MR) is 97.1 cm³/mol. The molecule has 0 bridgehead atoms. The molecule has 0 N–H and O–H groups in total. The largest absolute Gasteiger partial charge is 1.00 e. The number of fused-ring (bicyclic) bond motifs is 1. The van der Waals surface area contributed by atoms with Gasteiger partial charge < -0.3 is 24.8 Å². The fourth-order valence-electron chi connectivity index (χ4n) is 3.20. The van der Waals surface area contributed by atoms with E-state index in [-0.39, 0.29) is 24.8 Å². The molecule has 0 fully saturated rings. The maximum absolute atomic E-state index is 6.51. The van der Waals surface area contributed by atoms with Crippen molar-refractivity contribution in [3.05, 3.63) is 70.8 Å². The van der Waals surface area contributed by atoms with Gasteiger partial charge in [-0.3, -0.25) is 0 Å². The minimum Gasteiger partial charge on any atom is -1.00 e. The van der Waals surface area contributed by atoms with Crippen LogP contribution >= 0.6 is 0 Å². The van der Waals surface area contributed by atoms with Crippen LogP contribution in [0.1, 0.15) is 47.0 Å². The molecule has 0 aliphatic heterocycles. The van der Waals surface area contributed by atoms with E-state index in [9.17, 15) is 0 Å². The molecule has 1 aliphatic rings. The Balaban J connectivity index is 0.00000156. The van der Waals surface area contributed by atoms with Crippen LogP contribution in [0, 0.1) is 0 Å². The average molecular weight is 471 g/mol. The van der Waals surface area contributed by atoms with Crippen LogP contribution in [0.2, 0.25) is 6.55 Å². The predicted octanol–water partition coefficient (Wildman–Crippen LogP) is -1.45. The van der Waals surface area contributed by atoms with Crippen molar-refractivity contribution in [1.82, 2.24) is 0 Å². The number of allylic oxidation sites excluding steroid dienone is 1. The Morgan fingerprint density at radius 1 is 1.00 bits per heavy atom. The maximum atomic E-state index is 6.51. The minimum absolute atomic E-state index is 0. The molecule has 0 saturated carbocycles. The molecule has 25 heavy (non-hydrogen) atoms. The Hall–Kier alpha value is -0.180. The van der Waals surface area contributed by atoms with Crippen molar-refractivity contribution in [2.75, 3.05) is 0 Å². The molecule has 2 atom stereocenters. The normalized spacial score (nSPS) is 16.2. The van der Waals surface area contributed by atoms with Gasteiger partial charge in [0.25, 0.3) is 0 Å². The molecule has 2 aromatic rings. The Kier molecular flexibility index (Phi) is 9.36.